The highest BCUT2D eigenvalue weighted by atomic mass is 32.2. The minimum Gasteiger partial charge on any atom is -0.423 e. The fraction of sp³-hybridized carbons (Fsp3) is 0.263. The van der Waals surface area contributed by atoms with Crippen LogP contribution in [0, 0.1) is 0 Å². The predicted molar refractivity (Wildman–Crippen MR) is 106 cm³/mol. The number of rotatable bonds is 4. The molecular weight excluding hydrogens is 380 g/mol. The fourth-order valence-corrected chi connectivity index (χ4v) is 4.60. The second-order valence-corrected chi connectivity index (χ2v) is 8.50. The van der Waals surface area contributed by atoms with E-state index in [1.807, 2.05) is 29.2 Å². The number of anilines is 2. The quantitative estimate of drug-likeness (QED) is 0.722. The van der Waals surface area contributed by atoms with Crippen LogP contribution in [0.15, 0.2) is 57.8 Å². The first kappa shape index (κ1) is 18.5. The Morgan fingerprint density at radius 2 is 1.71 bits per heavy atom. The third kappa shape index (κ3) is 3.58. The van der Waals surface area contributed by atoms with E-state index in [-0.39, 0.29) is 10.8 Å². The van der Waals surface area contributed by atoms with Crippen LogP contribution in [0.1, 0.15) is 6.92 Å². The maximum absolute atomic E-state index is 12.9. The molecule has 8 nitrogen and oxygen atoms in total. The van der Waals surface area contributed by atoms with Crippen LogP contribution in [0.25, 0.3) is 11.1 Å². The van der Waals surface area contributed by atoms with E-state index in [1.54, 1.807) is 12.1 Å². The number of para-hydroxylation sites is 2. The number of piperazine rings is 1. The molecule has 0 spiro atoms. The van der Waals surface area contributed by atoms with Crippen LogP contribution in [0.5, 0.6) is 0 Å². The summed E-state index contributed by atoms with van der Waals surface area (Å²) < 4.78 is 33.0. The highest BCUT2D eigenvalue weighted by Crippen LogP contribution is 2.25. The number of sulfonamides is 1. The average Bonchev–Trinajstić information content (AvgIpc) is 3.12. The number of fused-ring (bicyclic) bond motifs is 1. The van der Waals surface area contributed by atoms with Crippen molar-refractivity contribution >= 4 is 38.7 Å². The Kier molecular flexibility index (Phi) is 4.78. The van der Waals surface area contributed by atoms with E-state index in [0.29, 0.717) is 43.5 Å². The number of carbonyl (C=O) groups excluding carboxylic acids is 1. The van der Waals surface area contributed by atoms with Gasteiger partial charge < -0.3 is 14.6 Å². The maximum atomic E-state index is 12.9. The van der Waals surface area contributed by atoms with Gasteiger partial charge in [0, 0.05) is 38.8 Å². The molecule has 28 heavy (non-hydrogen) atoms. The van der Waals surface area contributed by atoms with E-state index in [9.17, 15) is 13.2 Å². The fourth-order valence-electron chi connectivity index (χ4n) is 3.18. The number of benzene rings is 2. The number of oxazole rings is 1. The summed E-state index contributed by atoms with van der Waals surface area (Å²) in [5.41, 5.74) is 2.06. The Balaban J connectivity index is 1.45. The summed E-state index contributed by atoms with van der Waals surface area (Å²) in [6.45, 7) is 3.08. The van der Waals surface area contributed by atoms with Crippen LogP contribution >= 0.6 is 0 Å². The largest absolute Gasteiger partial charge is 0.423 e. The first-order chi connectivity index (χ1) is 13.4. The maximum Gasteiger partial charge on any atom is 0.298 e. The molecule has 3 aromatic rings. The number of aromatic nitrogens is 1. The lowest BCUT2D eigenvalue weighted by Crippen LogP contribution is -2.48. The smallest absolute Gasteiger partial charge is 0.298 e. The van der Waals surface area contributed by atoms with Gasteiger partial charge in [-0.1, -0.05) is 12.1 Å². The third-order valence-corrected chi connectivity index (χ3v) is 6.52. The zero-order valence-electron chi connectivity index (χ0n) is 15.3. The van der Waals surface area contributed by atoms with Gasteiger partial charge in [-0.25, -0.2) is 8.42 Å². The molecule has 4 rings (SSSR count). The molecule has 1 aromatic heterocycles. The van der Waals surface area contributed by atoms with Gasteiger partial charge in [0.2, 0.25) is 15.9 Å². The lowest BCUT2D eigenvalue weighted by molar-refractivity contribution is -0.114. The molecule has 0 atom stereocenters. The lowest BCUT2D eigenvalue weighted by atomic mass is 10.3. The summed E-state index contributed by atoms with van der Waals surface area (Å²) >= 11 is 0. The molecule has 1 saturated heterocycles. The molecule has 1 aliphatic heterocycles. The Bertz CT molecular complexity index is 1070. The Morgan fingerprint density at radius 1 is 1.04 bits per heavy atom. The van der Waals surface area contributed by atoms with E-state index in [1.165, 1.54) is 23.4 Å². The number of hydrogen-bond acceptors (Lipinski definition) is 6. The summed E-state index contributed by atoms with van der Waals surface area (Å²) in [6, 6.07) is 14.2. The first-order valence-corrected chi connectivity index (χ1v) is 10.4. The van der Waals surface area contributed by atoms with Gasteiger partial charge in [-0.05, 0) is 36.4 Å². The van der Waals surface area contributed by atoms with E-state index in [2.05, 4.69) is 10.3 Å². The number of nitrogens with zero attached hydrogens (tertiary/aromatic N) is 3. The van der Waals surface area contributed by atoms with Crippen LogP contribution in [0.3, 0.4) is 0 Å². The molecule has 9 heteroatoms. The van der Waals surface area contributed by atoms with Crippen LogP contribution in [0.2, 0.25) is 0 Å². The van der Waals surface area contributed by atoms with Gasteiger partial charge in [0.05, 0.1) is 4.90 Å². The molecule has 0 radical (unpaired) electrons. The molecule has 2 aromatic carbocycles. The van der Waals surface area contributed by atoms with Gasteiger partial charge in [0.15, 0.2) is 5.58 Å². The summed E-state index contributed by atoms with van der Waals surface area (Å²) in [4.78, 5) is 17.7. The SMILES string of the molecule is CC(=O)Nc1ccc(S(=O)(=O)N2CCN(c3nc4ccccc4o3)CC2)cc1. The van der Waals surface area contributed by atoms with Gasteiger partial charge in [0.1, 0.15) is 5.52 Å². The summed E-state index contributed by atoms with van der Waals surface area (Å²) in [7, 11) is -3.59. The van der Waals surface area contributed by atoms with Crippen molar-refractivity contribution in [2.24, 2.45) is 0 Å². The molecule has 146 valence electrons. The number of carbonyl (C=O) groups is 1. The molecular formula is C19H20N4O4S. The normalized spacial score (nSPS) is 15.7. The van der Waals surface area contributed by atoms with Gasteiger partial charge in [-0.2, -0.15) is 9.29 Å². The zero-order valence-corrected chi connectivity index (χ0v) is 16.1. The van der Waals surface area contributed by atoms with Crippen molar-refractivity contribution in [1.29, 1.82) is 0 Å². The van der Waals surface area contributed by atoms with Crippen LogP contribution in [-0.2, 0) is 14.8 Å². The minimum atomic E-state index is -3.59. The third-order valence-electron chi connectivity index (χ3n) is 4.60. The van der Waals surface area contributed by atoms with E-state index < -0.39 is 10.0 Å². The highest BCUT2D eigenvalue weighted by Gasteiger charge is 2.30. The second-order valence-electron chi connectivity index (χ2n) is 6.56. The Labute approximate surface area is 162 Å². The summed E-state index contributed by atoms with van der Waals surface area (Å²) in [6.07, 6.45) is 0. The number of amides is 1. The van der Waals surface area contributed by atoms with Crippen LogP contribution in [0.4, 0.5) is 11.7 Å². The predicted octanol–water partition coefficient (Wildman–Crippen LogP) is 2.30. The average molecular weight is 400 g/mol. The second kappa shape index (κ2) is 7.25. The van der Waals surface area contributed by atoms with Crippen LogP contribution < -0.4 is 10.2 Å². The Morgan fingerprint density at radius 3 is 2.36 bits per heavy atom. The molecule has 0 unspecified atom stereocenters. The van der Waals surface area contributed by atoms with Crippen molar-refractivity contribution in [2.75, 3.05) is 36.4 Å². The number of nitrogens with one attached hydrogen (secondary N) is 1. The molecule has 0 bridgehead atoms. The van der Waals surface area contributed by atoms with Crippen molar-refractivity contribution < 1.29 is 17.6 Å². The molecule has 1 N–H and O–H groups in total. The highest BCUT2D eigenvalue weighted by molar-refractivity contribution is 7.89. The lowest BCUT2D eigenvalue weighted by Gasteiger charge is -2.33. The van der Waals surface area contributed by atoms with Crippen molar-refractivity contribution in [2.45, 2.75) is 11.8 Å². The van der Waals surface area contributed by atoms with Crippen molar-refractivity contribution in [3.05, 3.63) is 48.5 Å². The summed E-state index contributed by atoms with van der Waals surface area (Å²) in [5.74, 6) is -0.203. The van der Waals surface area contributed by atoms with Crippen molar-refractivity contribution in [1.82, 2.24) is 9.29 Å². The van der Waals surface area contributed by atoms with Gasteiger partial charge >= 0.3 is 0 Å². The molecule has 0 aliphatic carbocycles. The van der Waals surface area contributed by atoms with Crippen molar-refractivity contribution in [3.8, 4) is 0 Å². The standard InChI is InChI=1S/C19H20N4O4S/c1-14(24)20-15-6-8-16(9-7-15)28(25,26)23-12-10-22(11-13-23)19-21-17-4-2-3-5-18(17)27-19/h2-9H,10-13H2,1H3,(H,20,24). The van der Waals surface area contributed by atoms with Gasteiger partial charge in [-0.15, -0.1) is 0 Å². The van der Waals surface area contributed by atoms with E-state index >= 15 is 0 Å². The van der Waals surface area contributed by atoms with Crippen molar-refractivity contribution in [3.63, 3.8) is 0 Å². The monoisotopic (exact) mass is 400 g/mol. The van der Waals surface area contributed by atoms with E-state index in [0.717, 1.165) is 5.52 Å². The zero-order chi connectivity index (χ0) is 19.7. The van der Waals surface area contributed by atoms with Gasteiger partial charge in [-0.3, -0.25) is 4.79 Å². The molecule has 0 saturated carbocycles. The Hall–Kier alpha value is -2.91. The topological polar surface area (TPSA) is 95.8 Å². The number of hydrogen-bond donors (Lipinski definition) is 1. The van der Waals surface area contributed by atoms with Crippen LogP contribution in [-0.4, -0.2) is 49.8 Å². The molecule has 1 amide bonds. The molecule has 2 heterocycles. The summed E-state index contributed by atoms with van der Waals surface area (Å²) in [5, 5.41) is 2.63. The van der Waals surface area contributed by atoms with Gasteiger partial charge in [0.25, 0.3) is 6.01 Å². The minimum absolute atomic E-state index is 0.203. The molecule has 1 fully saturated rings. The van der Waals surface area contributed by atoms with E-state index in [4.69, 9.17) is 4.42 Å². The molecule has 1 aliphatic rings. The first-order valence-electron chi connectivity index (χ1n) is 8.92.